The molecule has 2 heterocycles. The van der Waals surface area contributed by atoms with Gasteiger partial charge in [0.05, 0.1) is 19.3 Å². The lowest BCUT2D eigenvalue weighted by atomic mass is 10.1. The van der Waals surface area contributed by atoms with Crippen molar-refractivity contribution < 1.29 is 9.15 Å². The van der Waals surface area contributed by atoms with Crippen molar-refractivity contribution in [3.63, 3.8) is 0 Å². The van der Waals surface area contributed by atoms with Crippen LogP contribution in [0.2, 0.25) is 0 Å². The number of ether oxygens (including phenoxy) is 1. The predicted octanol–water partition coefficient (Wildman–Crippen LogP) is 1.88. The average Bonchev–Trinajstić information content (AvgIpc) is 3.02. The van der Waals surface area contributed by atoms with Gasteiger partial charge in [0.25, 0.3) is 0 Å². The Hall–Kier alpha value is -2.34. The highest BCUT2D eigenvalue weighted by Crippen LogP contribution is 2.23. The van der Waals surface area contributed by atoms with Crippen molar-refractivity contribution in [1.29, 1.82) is 0 Å². The van der Waals surface area contributed by atoms with Gasteiger partial charge < -0.3 is 19.8 Å². The third-order valence-electron chi connectivity index (χ3n) is 3.63. The number of guanidine groups is 1. The summed E-state index contributed by atoms with van der Waals surface area (Å²) in [5.41, 5.74) is 7.86. The Bertz CT molecular complexity index is 639. The Morgan fingerprint density at radius 1 is 1.41 bits per heavy atom. The Kier molecular flexibility index (Phi) is 4.39. The number of nitrogens with zero attached hydrogens (tertiary/aromatic N) is 3. The van der Waals surface area contributed by atoms with E-state index in [1.54, 1.807) is 0 Å². The number of morpholine rings is 1. The van der Waals surface area contributed by atoms with E-state index in [-0.39, 0.29) is 6.10 Å². The van der Waals surface area contributed by atoms with Crippen LogP contribution < -0.4 is 5.73 Å². The van der Waals surface area contributed by atoms with Gasteiger partial charge in [-0.3, -0.25) is 0 Å². The molecule has 1 aliphatic rings. The van der Waals surface area contributed by atoms with Gasteiger partial charge in [-0.2, -0.15) is 0 Å². The number of oxazole rings is 1. The fraction of sp³-hybridized carbons (Fsp3) is 0.375. The summed E-state index contributed by atoms with van der Waals surface area (Å²) in [4.78, 5) is 10.7. The second kappa shape index (κ2) is 6.62. The highest BCUT2D eigenvalue weighted by Gasteiger charge is 2.18. The molecule has 1 saturated heterocycles. The number of nitrogens with two attached hydrogens (primary N) is 1. The number of aliphatic imine (C=N–C) groups is 1. The Morgan fingerprint density at radius 3 is 3.00 bits per heavy atom. The summed E-state index contributed by atoms with van der Waals surface area (Å²) in [7, 11) is 0. The van der Waals surface area contributed by atoms with Crippen molar-refractivity contribution >= 4 is 5.96 Å². The maximum Gasteiger partial charge on any atom is 0.191 e. The first-order valence-electron chi connectivity index (χ1n) is 7.38. The quantitative estimate of drug-likeness (QED) is 0.692. The molecule has 6 nitrogen and oxygen atoms in total. The molecule has 1 aromatic heterocycles. The smallest absolute Gasteiger partial charge is 0.191 e. The van der Waals surface area contributed by atoms with Crippen LogP contribution in [0.4, 0.5) is 0 Å². The van der Waals surface area contributed by atoms with Crippen LogP contribution in [0.1, 0.15) is 12.6 Å². The van der Waals surface area contributed by atoms with Crippen molar-refractivity contribution in [3.05, 3.63) is 42.4 Å². The second-order valence-electron chi connectivity index (χ2n) is 5.30. The lowest BCUT2D eigenvalue weighted by Crippen LogP contribution is -2.47. The van der Waals surface area contributed by atoms with E-state index < -0.39 is 0 Å². The van der Waals surface area contributed by atoms with Gasteiger partial charge in [-0.25, -0.2) is 9.98 Å². The summed E-state index contributed by atoms with van der Waals surface area (Å²) >= 11 is 0. The predicted molar refractivity (Wildman–Crippen MR) is 84.3 cm³/mol. The number of rotatable bonds is 3. The molecule has 6 heteroatoms. The summed E-state index contributed by atoms with van der Waals surface area (Å²) in [6.45, 7) is 4.64. The Labute approximate surface area is 129 Å². The van der Waals surface area contributed by atoms with Gasteiger partial charge in [-0.15, -0.1) is 0 Å². The van der Waals surface area contributed by atoms with E-state index in [9.17, 15) is 0 Å². The molecule has 0 saturated carbocycles. The number of aromatic nitrogens is 1. The Balaban J connectivity index is 1.71. The fourth-order valence-corrected chi connectivity index (χ4v) is 2.49. The minimum absolute atomic E-state index is 0.175. The summed E-state index contributed by atoms with van der Waals surface area (Å²) in [5.74, 6) is 1.27. The molecule has 2 N–H and O–H groups in total. The fourth-order valence-electron chi connectivity index (χ4n) is 2.49. The molecule has 1 fully saturated rings. The zero-order valence-corrected chi connectivity index (χ0v) is 12.6. The van der Waals surface area contributed by atoms with Crippen LogP contribution in [0.5, 0.6) is 0 Å². The summed E-state index contributed by atoms with van der Waals surface area (Å²) in [6, 6.07) is 9.87. The van der Waals surface area contributed by atoms with Crippen LogP contribution in [-0.2, 0) is 11.3 Å². The third-order valence-corrected chi connectivity index (χ3v) is 3.63. The molecule has 1 aliphatic heterocycles. The van der Waals surface area contributed by atoms with Gasteiger partial charge in [0.15, 0.2) is 18.1 Å². The molecule has 1 atom stereocenters. The first kappa shape index (κ1) is 14.6. The minimum Gasteiger partial charge on any atom is -0.443 e. The molecule has 0 radical (unpaired) electrons. The van der Waals surface area contributed by atoms with Crippen LogP contribution in [0.3, 0.4) is 0 Å². The van der Waals surface area contributed by atoms with E-state index in [1.807, 2.05) is 42.2 Å². The molecule has 1 unspecified atom stereocenters. The van der Waals surface area contributed by atoms with Gasteiger partial charge in [0.2, 0.25) is 0 Å². The number of hydrogen-bond acceptors (Lipinski definition) is 4. The van der Waals surface area contributed by atoms with E-state index in [4.69, 9.17) is 14.9 Å². The van der Waals surface area contributed by atoms with Crippen molar-refractivity contribution in [2.45, 2.75) is 19.6 Å². The van der Waals surface area contributed by atoms with E-state index >= 15 is 0 Å². The molecule has 0 amide bonds. The average molecular weight is 300 g/mol. The monoisotopic (exact) mass is 300 g/mol. The molecule has 2 aromatic rings. The lowest BCUT2D eigenvalue weighted by Gasteiger charge is -2.31. The first-order chi connectivity index (χ1) is 10.7. The van der Waals surface area contributed by atoms with Crippen LogP contribution in [0, 0.1) is 0 Å². The number of hydrogen-bond donors (Lipinski definition) is 1. The number of benzene rings is 1. The summed E-state index contributed by atoms with van der Waals surface area (Å²) < 4.78 is 11.0. The third kappa shape index (κ3) is 3.28. The summed E-state index contributed by atoms with van der Waals surface area (Å²) in [6.07, 6.45) is 1.62. The van der Waals surface area contributed by atoms with Crippen molar-refractivity contribution in [1.82, 2.24) is 9.88 Å². The zero-order valence-electron chi connectivity index (χ0n) is 12.6. The van der Waals surface area contributed by atoms with Crippen LogP contribution >= 0.6 is 0 Å². The molecule has 3 rings (SSSR count). The highest BCUT2D eigenvalue weighted by atomic mass is 16.5. The maximum atomic E-state index is 6.08. The molecule has 1 aromatic carbocycles. The molecular formula is C16H20N4O2. The van der Waals surface area contributed by atoms with Gasteiger partial charge in [-0.1, -0.05) is 30.3 Å². The van der Waals surface area contributed by atoms with E-state index in [1.165, 1.54) is 6.39 Å². The summed E-state index contributed by atoms with van der Waals surface area (Å²) in [5, 5.41) is 0. The normalized spacial score (nSPS) is 19.4. The van der Waals surface area contributed by atoms with Crippen LogP contribution in [-0.4, -0.2) is 41.6 Å². The van der Waals surface area contributed by atoms with Crippen molar-refractivity contribution in [2.24, 2.45) is 10.7 Å². The topological polar surface area (TPSA) is 76.9 Å². The minimum atomic E-state index is 0.175. The Morgan fingerprint density at radius 2 is 2.23 bits per heavy atom. The zero-order chi connectivity index (χ0) is 15.4. The second-order valence-corrected chi connectivity index (χ2v) is 5.30. The van der Waals surface area contributed by atoms with Crippen molar-refractivity contribution in [2.75, 3.05) is 19.7 Å². The highest BCUT2D eigenvalue weighted by molar-refractivity contribution is 5.78. The van der Waals surface area contributed by atoms with E-state index in [0.29, 0.717) is 19.1 Å². The molecule has 0 spiro atoms. The van der Waals surface area contributed by atoms with Gasteiger partial charge in [-0.05, 0) is 6.92 Å². The lowest BCUT2D eigenvalue weighted by molar-refractivity contribution is 0.00528. The van der Waals surface area contributed by atoms with Gasteiger partial charge >= 0.3 is 0 Å². The molecule has 0 aliphatic carbocycles. The molecular weight excluding hydrogens is 280 g/mol. The van der Waals surface area contributed by atoms with Crippen molar-refractivity contribution in [3.8, 4) is 11.3 Å². The molecule has 22 heavy (non-hydrogen) atoms. The standard InChI is InChI=1S/C16H20N4O2/c1-12-10-20(7-8-21-12)16(17)18-9-14-15(22-11-19-14)13-5-3-2-4-6-13/h2-6,11-12H,7-10H2,1H3,(H2,17,18). The first-order valence-corrected chi connectivity index (χ1v) is 7.38. The van der Waals surface area contributed by atoms with Gasteiger partial charge in [0, 0.05) is 18.7 Å². The van der Waals surface area contributed by atoms with E-state index in [2.05, 4.69) is 9.98 Å². The molecule has 0 bridgehead atoms. The molecule has 116 valence electrons. The van der Waals surface area contributed by atoms with Gasteiger partial charge in [0.1, 0.15) is 5.69 Å². The maximum absolute atomic E-state index is 6.08. The van der Waals surface area contributed by atoms with Crippen LogP contribution in [0.15, 0.2) is 46.1 Å². The largest absolute Gasteiger partial charge is 0.443 e. The van der Waals surface area contributed by atoms with E-state index in [0.717, 1.165) is 30.1 Å². The van der Waals surface area contributed by atoms with Crippen LogP contribution in [0.25, 0.3) is 11.3 Å². The SMILES string of the molecule is CC1CN(C(N)=NCc2ncoc2-c2ccccc2)CCO1.